The summed E-state index contributed by atoms with van der Waals surface area (Å²) in [5.41, 5.74) is 1.97. The largest absolute Gasteiger partial charge is 0.507 e. The molecule has 1 aromatic heterocycles. The Morgan fingerprint density at radius 3 is 2.32 bits per heavy atom. The van der Waals surface area contributed by atoms with Gasteiger partial charge in [0, 0.05) is 11.9 Å². The number of fused-ring (bicyclic) bond motifs is 1. The van der Waals surface area contributed by atoms with Crippen molar-refractivity contribution in [1.82, 2.24) is 4.90 Å². The minimum Gasteiger partial charge on any atom is -0.507 e. The van der Waals surface area contributed by atoms with E-state index in [1.165, 1.54) is 0 Å². The van der Waals surface area contributed by atoms with Crippen molar-refractivity contribution < 1.29 is 14.3 Å². The van der Waals surface area contributed by atoms with Crippen molar-refractivity contribution in [3.63, 3.8) is 0 Å². The van der Waals surface area contributed by atoms with Crippen LogP contribution in [0.15, 0.2) is 51.7 Å². The highest BCUT2D eigenvalue weighted by atomic mass is 16.5. The van der Waals surface area contributed by atoms with Crippen molar-refractivity contribution in [2.45, 2.75) is 33.2 Å². The Morgan fingerprint density at radius 1 is 1.04 bits per heavy atom. The van der Waals surface area contributed by atoms with Crippen molar-refractivity contribution in [2.24, 2.45) is 0 Å². The molecule has 5 heteroatoms. The van der Waals surface area contributed by atoms with Gasteiger partial charge < -0.3 is 14.3 Å². The highest BCUT2D eigenvalue weighted by Crippen LogP contribution is 2.30. The zero-order valence-corrected chi connectivity index (χ0v) is 16.7. The van der Waals surface area contributed by atoms with Crippen molar-refractivity contribution in [3.8, 4) is 22.6 Å². The molecule has 0 atom stereocenters. The van der Waals surface area contributed by atoms with E-state index < -0.39 is 5.63 Å². The van der Waals surface area contributed by atoms with Gasteiger partial charge in [0.1, 0.15) is 17.1 Å². The Hall–Kier alpha value is -2.79. The Bertz CT molecular complexity index is 986. The van der Waals surface area contributed by atoms with E-state index >= 15 is 0 Å². The van der Waals surface area contributed by atoms with Gasteiger partial charge in [-0.15, -0.1) is 0 Å². The molecule has 148 valence electrons. The average molecular weight is 381 g/mol. The lowest BCUT2D eigenvalue weighted by Crippen LogP contribution is -2.25. The molecular formula is C23H27NO4. The molecule has 0 bridgehead atoms. The van der Waals surface area contributed by atoms with Gasteiger partial charge >= 0.3 is 5.63 Å². The fraction of sp³-hybridized carbons (Fsp3) is 0.348. The van der Waals surface area contributed by atoms with Crippen LogP contribution < -0.4 is 10.4 Å². The molecule has 0 spiro atoms. The average Bonchev–Trinajstić information content (AvgIpc) is 2.70. The second kappa shape index (κ2) is 8.93. The first-order chi connectivity index (χ1) is 13.6. The van der Waals surface area contributed by atoms with E-state index in [-0.39, 0.29) is 5.75 Å². The Labute approximate surface area is 165 Å². The van der Waals surface area contributed by atoms with Gasteiger partial charge in [-0.05, 0) is 61.8 Å². The van der Waals surface area contributed by atoms with Gasteiger partial charge in [-0.3, -0.25) is 4.90 Å². The summed E-state index contributed by atoms with van der Waals surface area (Å²) in [6.07, 6.45) is 2.05. The van der Waals surface area contributed by atoms with E-state index in [0.29, 0.717) is 23.3 Å². The third kappa shape index (κ3) is 4.20. The molecule has 5 nitrogen and oxygen atoms in total. The number of methoxy groups -OCH3 is 1. The smallest absolute Gasteiger partial charge is 0.344 e. The summed E-state index contributed by atoms with van der Waals surface area (Å²) in [5, 5.41) is 11.2. The molecule has 0 saturated heterocycles. The normalized spacial score (nSPS) is 11.3. The summed E-state index contributed by atoms with van der Waals surface area (Å²) in [5.74, 6) is 0.887. The molecule has 0 aliphatic carbocycles. The predicted molar refractivity (Wildman–Crippen MR) is 112 cm³/mol. The van der Waals surface area contributed by atoms with Crippen LogP contribution in [0.5, 0.6) is 11.5 Å². The summed E-state index contributed by atoms with van der Waals surface area (Å²) in [6, 6.07) is 12.6. The standard InChI is InChI=1S/C23H27NO4/c1-4-12-24(13-5-2)15-20-21(25)11-8-17-14-19(23(26)28-22(17)20)16-6-9-18(27-3)10-7-16/h6-11,14,25H,4-5,12-13,15H2,1-3H3. The topological polar surface area (TPSA) is 62.9 Å². The molecule has 3 rings (SSSR count). The molecule has 0 unspecified atom stereocenters. The monoisotopic (exact) mass is 381 g/mol. The number of benzene rings is 2. The molecule has 2 aromatic carbocycles. The summed E-state index contributed by atoms with van der Waals surface area (Å²) in [6.45, 7) is 6.67. The molecule has 0 aliphatic rings. The molecule has 0 amide bonds. The zero-order valence-electron chi connectivity index (χ0n) is 16.7. The van der Waals surface area contributed by atoms with Gasteiger partial charge in [-0.25, -0.2) is 4.79 Å². The van der Waals surface area contributed by atoms with Crippen molar-refractivity contribution in [3.05, 3.63) is 58.4 Å². The van der Waals surface area contributed by atoms with E-state index in [2.05, 4.69) is 18.7 Å². The molecule has 1 heterocycles. The Kier molecular flexibility index (Phi) is 6.37. The lowest BCUT2D eigenvalue weighted by Gasteiger charge is -2.22. The number of aromatic hydroxyl groups is 1. The molecule has 0 aliphatic heterocycles. The summed E-state index contributed by atoms with van der Waals surface area (Å²) < 4.78 is 10.9. The summed E-state index contributed by atoms with van der Waals surface area (Å²) in [4.78, 5) is 15.0. The Balaban J connectivity index is 2.05. The fourth-order valence-corrected chi connectivity index (χ4v) is 3.48. The van der Waals surface area contributed by atoms with Crippen molar-refractivity contribution in [1.29, 1.82) is 0 Å². The minimum atomic E-state index is -0.415. The van der Waals surface area contributed by atoms with E-state index in [0.717, 1.165) is 42.6 Å². The number of rotatable bonds is 8. The van der Waals surface area contributed by atoms with Crippen molar-refractivity contribution in [2.75, 3.05) is 20.2 Å². The van der Waals surface area contributed by atoms with Crippen LogP contribution in [0.2, 0.25) is 0 Å². The second-order valence-electron chi connectivity index (χ2n) is 6.93. The number of phenolic OH excluding ortho intramolecular Hbond substituents is 1. The van der Waals surface area contributed by atoms with Crippen LogP contribution in [0.1, 0.15) is 32.3 Å². The van der Waals surface area contributed by atoms with Crippen LogP contribution in [0.4, 0.5) is 0 Å². The SMILES string of the molecule is CCCN(CCC)Cc1c(O)ccc2cc(-c3ccc(OC)cc3)c(=O)oc12. The number of hydrogen-bond donors (Lipinski definition) is 1. The molecule has 1 N–H and O–H groups in total. The summed E-state index contributed by atoms with van der Waals surface area (Å²) in [7, 11) is 1.60. The maximum atomic E-state index is 12.7. The van der Waals surface area contributed by atoms with Crippen LogP contribution in [0.3, 0.4) is 0 Å². The number of hydrogen-bond acceptors (Lipinski definition) is 5. The quantitative estimate of drug-likeness (QED) is 0.568. The molecular weight excluding hydrogens is 354 g/mol. The van der Waals surface area contributed by atoms with Gasteiger partial charge in [0.05, 0.1) is 18.2 Å². The van der Waals surface area contributed by atoms with E-state index in [1.807, 2.05) is 30.3 Å². The predicted octanol–water partition coefficient (Wildman–Crippen LogP) is 4.80. The molecule has 0 saturated carbocycles. The molecule has 0 radical (unpaired) electrons. The van der Waals surface area contributed by atoms with E-state index in [9.17, 15) is 9.90 Å². The summed E-state index contributed by atoms with van der Waals surface area (Å²) >= 11 is 0. The van der Waals surface area contributed by atoms with Gasteiger partial charge in [0.25, 0.3) is 0 Å². The van der Waals surface area contributed by atoms with E-state index in [1.54, 1.807) is 19.2 Å². The van der Waals surface area contributed by atoms with E-state index in [4.69, 9.17) is 9.15 Å². The van der Waals surface area contributed by atoms with Gasteiger partial charge in [0.15, 0.2) is 0 Å². The van der Waals surface area contributed by atoms with Crippen LogP contribution in [-0.2, 0) is 6.54 Å². The van der Waals surface area contributed by atoms with Crippen molar-refractivity contribution >= 4 is 11.0 Å². The lowest BCUT2D eigenvalue weighted by molar-refractivity contribution is 0.262. The third-order valence-electron chi connectivity index (χ3n) is 4.84. The lowest BCUT2D eigenvalue weighted by atomic mass is 10.0. The van der Waals surface area contributed by atoms with Crippen LogP contribution in [0.25, 0.3) is 22.1 Å². The maximum absolute atomic E-state index is 12.7. The number of phenols is 1. The molecule has 0 fully saturated rings. The first kappa shape index (κ1) is 20.0. The number of ether oxygens (including phenoxy) is 1. The van der Waals surface area contributed by atoms with Gasteiger partial charge in [0.2, 0.25) is 0 Å². The van der Waals surface area contributed by atoms with Crippen LogP contribution >= 0.6 is 0 Å². The highest BCUT2D eigenvalue weighted by molar-refractivity contribution is 5.85. The number of nitrogens with zero attached hydrogens (tertiary/aromatic N) is 1. The fourth-order valence-electron chi connectivity index (χ4n) is 3.48. The van der Waals surface area contributed by atoms with Gasteiger partial charge in [-0.2, -0.15) is 0 Å². The van der Waals surface area contributed by atoms with Crippen LogP contribution in [0, 0.1) is 0 Å². The van der Waals surface area contributed by atoms with Gasteiger partial charge in [-0.1, -0.05) is 26.0 Å². The second-order valence-corrected chi connectivity index (χ2v) is 6.93. The minimum absolute atomic E-state index is 0.157. The zero-order chi connectivity index (χ0) is 20.1. The molecule has 3 aromatic rings. The first-order valence-corrected chi connectivity index (χ1v) is 9.72. The molecule has 28 heavy (non-hydrogen) atoms. The highest BCUT2D eigenvalue weighted by Gasteiger charge is 2.16. The maximum Gasteiger partial charge on any atom is 0.344 e. The van der Waals surface area contributed by atoms with Crippen LogP contribution in [-0.4, -0.2) is 30.2 Å². The Morgan fingerprint density at radius 2 is 1.71 bits per heavy atom. The third-order valence-corrected chi connectivity index (χ3v) is 4.84. The first-order valence-electron chi connectivity index (χ1n) is 9.72.